The van der Waals surface area contributed by atoms with E-state index in [4.69, 9.17) is 37.4 Å². The zero-order valence-electron chi connectivity index (χ0n) is 17.0. The Morgan fingerprint density at radius 3 is 1.97 bits per heavy atom. The van der Waals surface area contributed by atoms with Crippen molar-refractivity contribution < 1.29 is 34.0 Å². The number of carbonyl (C=O) groups is 2. The van der Waals surface area contributed by atoms with E-state index in [9.17, 15) is 19.8 Å². The minimum Gasteiger partial charge on any atom is -0.488 e. The van der Waals surface area contributed by atoms with Gasteiger partial charge in [-0.2, -0.15) is 0 Å². The highest BCUT2D eigenvalue weighted by atomic mass is 35.5. The summed E-state index contributed by atoms with van der Waals surface area (Å²) in [5.41, 5.74) is 1.77. The van der Waals surface area contributed by atoms with E-state index in [1.54, 1.807) is 56.3 Å². The first kappa shape index (κ1) is 23.3. The molecule has 10 heteroatoms. The number of halogens is 2. The van der Waals surface area contributed by atoms with Crippen LogP contribution in [0.4, 0.5) is 9.59 Å². The van der Waals surface area contributed by atoms with Crippen LogP contribution in [0.5, 0.6) is 5.75 Å². The lowest BCUT2D eigenvalue weighted by atomic mass is 9.90. The van der Waals surface area contributed by atoms with Gasteiger partial charge in [-0.3, -0.25) is 0 Å². The summed E-state index contributed by atoms with van der Waals surface area (Å²) in [5, 5.41) is 22.2. The number of dihydropyridines is 1. The second-order valence-corrected chi connectivity index (χ2v) is 7.61. The summed E-state index contributed by atoms with van der Waals surface area (Å²) in [5.74, 6) is -0.729. The van der Waals surface area contributed by atoms with Crippen molar-refractivity contribution in [3.63, 3.8) is 0 Å². The van der Waals surface area contributed by atoms with Crippen molar-refractivity contribution in [2.24, 2.45) is 0 Å². The van der Waals surface area contributed by atoms with Crippen LogP contribution >= 0.6 is 23.2 Å². The molecule has 0 atom stereocenters. The van der Waals surface area contributed by atoms with Crippen LogP contribution in [0.1, 0.15) is 30.9 Å². The van der Waals surface area contributed by atoms with Crippen LogP contribution in [0.3, 0.4) is 0 Å². The van der Waals surface area contributed by atoms with E-state index in [1.807, 2.05) is 0 Å². The van der Waals surface area contributed by atoms with Crippen molar-refractivity contribution in [2.75, 3.05) is 0 Å². The summed E-state index contributed by atoms with van der Waals surface area (Å²) < 4.78 is 16.0. The second kappa shape index (κ2) is 9.84. The number of para-hydroxylation sites is 1. The molecule has 0 spiro atoms. The third-order valence-electron chi connectivity index (χ3n) is 4.70. The molecule has 32 heavy (non-hydrogen) atoms. The highest BCUT2D eigenvalue weighted by Gasteiger charge is 2.36. The number of benzene rings is 2. The van der Waals surface area contributed by atoms with Crippen LogP contribution in [-0.2, 0) is 16.1 Å². The molecule has 168 valence electrons. The molecule has 1 aliphatic heterocycles. The average molecular weight is 480 g/mol. The predicted octanol–water partition coefficient (Wildman–Crippen LogP) is 6.11. The van der Waals surface area contributed by atoms with Gasteiger partial charge in [0, 0.05) is 21.2 Å². The monoisotopic (exact) mass is 479 g/mol. The van der Waals surface area contributed by atoms with Crippen LogP contribution < -0.4 is 10.1 Å². The van der Waals surface area contributed by atoms with Gasteiger partial charge in [0.25, 0.3) is 0 Å². The molecule has 3 rings (SSSR count). The van der Waals surface area contributed by atoms with E-state index < -0.39 is 18.2 Å². The molecule has 3 N–H and O–H groups in total. The molecule has 2 aromatic rings. The van der Waals surface area contributed by atoms with Crippen LogP contribution in [0.25, 0.3) is 0 Å². The molecule has 0 amide bonds. The SMILES string of the molecule is CC1=C(OC(=O)O)C(c2ccccc2OCc2c(Cl)cccc2Cl)C(OC(=O)O)=C(C)N1. The largest absolute Gasteiger partial charge is 0.511 e. The Hall–Kier alpha value is -3.36. The Bertz CT molecular complexity index is 1070. The van der Waals surface area contributed by atoms with Gasteiger partial charge < -0.3 is 29.7 Å². The lowest BCUT2D eigenvalue weighted by molar-refractivity contribution is 0.0975. The molecule has 0 aromatic heterocycles. The van der Waals surface area contributed by atoms with Gasteiger partial charge in [-0.1, -0.05) is 47.5 Å². The molecule has 0 bridgehead atoms. The van der Waals surface area contributed by atoms with Gasteiger partial charge in [0.15, 0.2) is 0 Å². The van der Waals surface area contributed by atoms with Gasteiger partial charge >= 0.3 is 12.3 Å². The van der Waals surface area contributed by atoms with E-state index in [1.165, 1.54) is 0 Å². The summed E-state index contributed by atoms with van der Waals surface area (Å²) >= 11 is 12.5. The quantitative estimate of drug-likeness (QED) is 0.425. The molecule has 1 heterocycles. The Balaban J connectivity index is 2.07. The molecule has 8 nitrogen and oxygen atoms in total. The van der Waals surface area contributed by atoms with Crippen molar-refractivity contribution in [1.82, 2.24) is 5.32 Å². The minimum absolute atomic E-state index is 0.0239. The van der Waals surface area contributed by atoms with Crippen molar-refractivity contribution >= 4 is 35.5 Å². The molecule has 0 aliphatic carbocycles. The third-order valence-corrected chi connectivity index (χ3v) is 5.41. The van der Waals surface area contributed by atoms with E-state index in [0.717, 1.165) is 0 Å². The number of hydrogen-bond donors (Lipinski definition) is 3. The first-order chi connectivity index (χ1) is 15.2. The van der Waals surface area contributed by atoms with Crippen molar-refractivity contribution in [3.05, 3.63) is 86.5 Å². The van der Waals surface area contributed by atoms with Gasteiger partial charge in [0.2, 0.25) is 0 Å². The number of ether oxygens (including phenoxy) is 3. The number of hydrogen-bond acceptors (Lipinski definition) is 6. The fourth-order valence-electron chi connectivity index (χ4n) is 3.37. The summed E-state index contributed by atoms with van der Waals surface area (Å²) in [6.07, 6.45) is -3.11. The second-order valence-electron chi connectivity index (χ2n) is 6.80. The number of rotatable bonds is 6. The fourth-order valence-corrected chi connectivity index (χ4v) is 3.88. The molecule has 0 unspecified atom stereocenters. The molecular formula is C22H19Cl2NO7. The van der Waals surface area contributed by atoms with Crippen molar-refractivity contribution in [3.8, 4) is 5.75 Å². The van der Waals surface area contributed by atoms with Gasteiger partial charge in [0.1, 0.15) is 29.8 Å². The zero-order valence-corrected chi connectivity index (χ0v) is 18.5. The standard InChI is InChI=1S/C22H19Cl2NO7/c1-11-19(31-21(26)27)18(20(12(2)25-11)32-22(28)29)13-6-3-4-9-17(13)30-10-14-15(23)7-5-8-16(14)24/h3-9,18,25H,10H2,1-2H3,(H,26,27)(H,28,29). The molecule has 0 saturated heterocycles. The van der Waals surface area contributed by atoms with E-state index in [0.29, 0.717) is 38.3 Å². The first-order valence-corrected chi connectivity index (χ1v) is 10.1. The number of nitrogens with one attached hydrogen (secondary N) is 1. The molecule has 2 aromatic carbocycles. The Morgan fingerprint density at radius 2 is 1.44 bits per heavy atom. The highest BCUT2D eigenvalue weighted by Crippen LogP contribution is 2.43. The third kappa shape index (κ3) is 5.09. The van der Waals surface area contributed by atoms with E-state index >= 15 is 0 Å². The zero-order chi connectivity index (χ0) is 23.4. The van der Waals surface area contributed by atoms with Gasteiger partial charge in [0.05, 0.1) is 11.4 Å². The molecule has 0 fully saturated rings. The summed E-state index contributed by atoms with van der Waals surface area (Å²) in [4.78, 5) is 22.7. The Morgan fingerprint density at radius 1 is 0.906 bits per heavy atom. The molecule has 0 radical (unpaired) electrons. The highest BCUT2D eigenvalue weighted by molar-refractivity contribution is 6.35. The van der Waals surface area contributed by atoms with Crippen LogP contribution in [0.2, 0.25) is 10.0 Å². The van der Waals surface area contributed by atoms with Gasteiger partial charge in [-0.15, -0.1) is 0 Å². The van der Waals surface area contributed by atoms with Gasteiger partial charge in [-0.25, -0.2) is 9.59 Å². The van der Waals surface area contributed by atoms with E-state index in [-0.39, 0.29) is 18.1 Å². The Kier molecular flexibility index (Phi) is 7.17. The summed E-state index contributed by atoms with van der Waals surface area (Å²) in [6.45, 7) is 3.24. The average Bonchev–Trinajstić information content (AvgIpc) is 2.71. The van der Waals surface area contributed by atoms with Gasteiger partial charge in [-0.05, 0) is 32.0 Å². The summed E-state index contributed by atoms with van der Waals surface area (Å²) in [7, 11) is 0. The smallest absolute Gasteiger partial charge is 0.488 e. The maximum Gasteiger partial charge on any atom is 0.511 e. The normalized spacial score (nSPS) is 14.1. The van der Waals surface area contributed by atoms with Crippen LogP contribution in [0, 0.1) is 0 Å². The predicted molar refractivity (Wildman–Crippen MR) is 117 cm³/mol. The first-order valence-electron chi connectivity index (χ1n) is 9.33. The van der Waals surface area contributed by atoms with Crippen LogP contribution in [-0.4, -0.2) is 22.5 Å². The van der Waals surface area contributed by atoms with Crippen molar-refractivity contribution in [1.29, 1.82) is 0 Å². The van der Waals surface area contributed by atoms with Crippen LogP contribution in [0.15, 0.2) is 65.4 Å². The Labute approximate surface area is 193 Å². The molecule has 1 aliphatic rings. The fraction of sp³-hybridized carbons (Fsp3) is 0.182. The lowest BCUT2D eigenvalue weighted by Gasteiger charge is -2.30. The number of allylic oxidation sites excluding steroid dienone is 2. The summed E-state index contributed by atoms with van der Waals surface area (Å²) in [6, 6.07) is 11.8. The maximum atomic E-state index is 11.4. The minimum atomic E-state index is -1.55. The molecule has 0 saturated carbocycles. The maximum absolute atomic E-state index is 11.4. The lowest BCUT2D eigenvalue weighted by Crippen LogP contribution is -2.28. The molecular weight excluding hydrogens is 461 g/mol. The topological polar surface area (TPSA) is 114 Å². The number of carboxylic acid groups (broad SMARTS) is 2. The van der Waals surface area contributed by atoms with Crippen molar-refractivity contribution in [2.45, 2.75) is 26.4 Å². The van der Waals surface area contributed by atoms with E-state index in [2.05, 4.69) is 5.32 Å².